The van der Waals surface area contributed by atoms with Crippen molar-refractivity contribution in [3.8, 4) is 0 Å². The van der Waals surface area contributed by atoms with Gasteiger partial charge < -0.3 is 25.2 Å². The van der Waals surface area contributed by atoms with Crippen molar-refractivity contribution >= 4 is 0 Å². The van der Waals surface area contributed by atoms with Crippen LogP contribution >= 0.6 is 0 Å². The minimum absolute atomic E-state index is 0.00528. The first-order valence-corrected chi connectivity index (χ1v) is 4.79. The number of ether oxygens (including phenoxy) is 1. The Hall–Kier alpha value is -0.200. The molecule has 0 aromatic rings. The molecule has 1 aliphatic heterocycles. The Kier molecular flexibility index (Phi) is 3.86. The molecule has 5 heteroatoms. The van der Waals surface area contributed by atoms with Crippen LogP contribution in [0.4, 0.5) is 0 Å². The molecule has 0 aromatic carbocycles. The molecule has 1 heterocycles. The van der Waals surface area contributed by atoms with Crippen molar-refractivity contribution in [3.63, 3.8) is 0 Å². The summed E-state index contributed by atoms with van der Waals surface area (Å²) in [7, 11) is 0. The molecule has 0 aromatic heterocycles. The average Bonchev–Trinajstić information content (AvgIpc) is 2.10. The Labute approximate surface area is 82.9 Å². The smallest absolute Gasteiger partial charge is 0.160 e. The summed E-state index contributed by atoms with van der Waals surface area (Å²) < 4.78 is 4.99. The number of aliphatic hydroxyl groups excluding tert-OH is 4. The highest BCUT2D eigenvalue weighted by Crippen LogP contribution is 2.30. The second-order valence-corrected chi connectivity index (χ2v) is 4.05. The monoisotopic (exact) mass is 206 g/mol. The molecule has 0 amide bonds. The fourth-order valence-corrected chi connectivity index (χ4v) is 1.84. The van der Waals surface area contributed by atoms with Gasteiger partial charge in [-0.1, -0.05) is 13.8 Å². The highest BCUT2D eigenvalue weighted by Gasteiger charge is 2.44. The zero-order chi connectivity index (χ0) is 10.9. The first-order valence-electron chi connectivity index (χ1n) is 4.79. The molecular formula is C9H18O5. The summed E-state index contributed by atoms with van der Waals surface area (Å²) in [5.74, 6) is -0.526. The Morgan fingerprint density at radius 1 is 1.14 bits per heavy atom. The third-order valence-corrected chi connectivity index (χ3v) is 2.72. The third-order valence-electron chi connectivity index (χ3n) is 2.72. The van der Waals surface area contributed by atoms with E-state index >= 15 is 0 Å². The largest absolute Gasteiger partial charge is 0.394 e. The van der Waals surface area contributed by atoms with Gasteiger partial charge in [0.15, 0.2) is 6.29 Å². The quantitative estimate of drug-likeness (QED) is 0.450. The molecule has 1 aliphatic rings. The number of hydrogen-bond acceptors (Lipinski definition) is 5. The van der Waals surface area contributed by atoms with Gasteiger partial charge in [-0.25, -0.2) is 0 Å². The summed E-state index contributed by atoms with van der Waals surface area (Å²) in [6, 6.07) is 0. The Bertz CT molecular complexity index is 184. The molecule has 14 heavy (non-hydrogen) atoms. The molecule has 4 N–H and O–H groups in total. The summed E-state index contributed by atoms with van der Waals surface area (Å²) in [4.78, 5) is 0. The lowest BCUT2D eigenvalue weighted by atomic mass is 9.83. The van der Waals surface area contributed by atoms with E-state index in [-0.39, 0.29) is 5.92 Å². The fourth-order valence-electron chi connectivity index (χ4n) is 1.84. The van der Waals surface area contributed by atoms with Gasteiger partial charge in [-0.05, 0) is 5.92 Å². The normalized spacial score (nSPS) is 44.4. The van der Waals surface area contributed by atoms with E-state index in [0.29, 0.717) is 0 Å². The van der Waals surface area contributed by atoms with E-state index in [1.54, 1.807) is 0 Å². The van der Waals surface area contributed by atoms with E-state index in [1.807, 2.05) is 13.8 Å². The predicted molar refractivity (Wildman–Crippen MR) is 48.3 cm³/mol. The number of hydrogen-bond donors (Lipinski definition) is 4. The van der Waals surface area contributed by atoms with E-state index in [9.17, 15) is 15.3 Å². The van der Waals surface area contributed by atoms with Gasteiger partial charge >= 0.3 is 0 Å². The van der Waals surface area contributed by atoms with Crippen molar-refractivity contribution < 1.29 is 25.2 Å². The van der Waals surface area contributed by atoms with Crippen LogP contribution < -0.4 is 0 Å². The van der Waals surface area contributed by atoms with E-state index in [4.69, 9.17) is 9.84 Å². The highest BCUT2D eigenvalue weighted by molar-refractivity contribution is 4.89. The van der Waals surface area contributed by atoms with Crippen LogP contribution in [0.2, 0.25) is 0 Å². The SMILES string of the molecule is CC(C)C1C(O)OC(CO)C(O)C1O. The fraction of sp³-hybridized carbons (Fsp3) is 1.00. The van der Waals surface area contributed by atoms with Gasteiger partial charge in [0.25, 0.3) is 0 Å². The number of rotatable bonds is 2. The third kappa shape index (κ3) is 2.07. The van der Waals surface area contributed by atoms with Gasteiger partial charge in [-0.2, -0.15) is 0 Å². The van der Waals surface area contributed by atoms with Gasteiger partial charge in [0.2, 0.25) is 0 Å². The van der Waals surface area contributed by atoms with Crippen molar-refractivity contribution in [1.29, 1.82) is 0 Å². The van der Waals surface area contributed by atoms with Crippen molar-refractivity contribution in [1.82, 2.24) is 0 Å². The lowest BCUT2D eigenvalue weighted by Crippen LogP contribution is -2.56. The van der Waals surface area contributed by atoms with Crippen LogP contribution in [0.3, 0.4) is 0 Å². The molecule has 0 aliphatic carbocycles. The molecule has 0 bridgehead atoms. The maximum Gasteiger partial charge on any atom is 0.160 e. The van der Waals surface area contributed by atoms with Crippen LogP contribution in [0, 0.1) is 11.8 Å². The van der Waals surface area contributed by atoms with E-state index < -0.39 is 37.1 Å². The molecule has 5 atom stereocenters. The van der Waals surface area contributed by atoms with Gasteiger partial charge in [-0.15, -0.1) is 0 Å². The molecule has 5 unspecified atom stereocenters. The second kappa shape index (κ2) is 4.55. The minimum atomic E-state index is -1.14. The molecular weight excluding hydrogens is 188 g/mol. The number of aliphatic hydroxyl groups is 4. The van der Waals surface area contributed by atoms with Gasteiger partial charge in [0, 0.05) is 5.92 Å². The topological polar surface area (TPSA) is 90.2 Å². The van der Waals surface area contributed by atoms with Crippen molar-refractivity contribution in [2.45, 2.75) is 38.4 Å². The van der Waals surface area contributed by atoms with Gasteiger partial charge in [-0.3, -0.25) is 0 Å². The van der Waals surface area contributed by atoms with Crippen molar-refractivity contribution in [2.24, 2.45) is 11.8 Å². The van der Waals surface area contributed by atoms with Crippen LogP contribution in [-0.4, -0.2) is 51.6 Å². The molecule has 1 saturated heterocycles. The van der Waals surface area contributed by atoms with E-state index in [0.717, 1.165) is 0 Å². The molecule has 0 radical (unpaired) electrons. The van der Waals surface area contributed by atoms with Crippen LogP contribution in [0.5, 0.6) is 0 Å². The van der Waals surface area contributed by atoms with Gasteiger partial charge in [0.05, 0.1) is 12.7 Å². The molecule has 0 saturated carbocycles. The highest BCUT2D eigenvalue weighted by atomic mass is 16.6. The lowest BCUT2D eigenvalue weighted by Gasteiger charge is -2.41. The van der Waals surface area contributed by atoms with Crippen molar-refractivity contribution in [2.75, 3.05) is 6.61 Å². The standard InChI is InChI=1S/C9H18O5/c1-4(2)6-8(12)7(11)5(3-10)14-9(6)13/h4-13H,3H2,1-2H3. The first kappa shape index (κ1) is 11.9. The second-order valence-electron chi connectivity index (χ2n) is 4.05. The summed E-state index contributed by atoms with van der Waals surface area (Å²) in [6.07, 6.45) is -4.24. The minimum Gasteiger partial charge on any atom is -0.394 e. The Balaban J connectivity index is 2.74. The maximum absolute atomic E-state index is 9.68. The lowest BCUT2D eigenvalue weighted by molar-refractivity contribution is -0.277. The Morgan fingerprint density at radius 3 is 2.14 bits per heavy atom. The molecule has 5 nitrogen and oxygen atoms in total. The van der Waals surface area contributed by atoms with Crippen LogP contribution in [0.15, 0.2) is 0 Å². The predicted octanol–water partition coefficient (Wildman–Crippen LogP) is -1.31. The zero-order valence-corrected chi connectivity index (χ0v) is 8.37. The summed E-state index contributed by atoms with van der Waals surface area (Å²) in [5.41, 5.74) is 0. The van der Waals surface area contributed by atoms with Crippen LogP contribution in [0.1, 0.15) is 13.8 Å². The van der Waals surface area contributed by atoms with Gasteiger partial charge in [0.1, 0.15) is 12.2 Å². The molecule has 1 rings (SSSR count). The zero-order valence-electron chi connectivity index (χ0n) is 8.37. The van der Waals surface area contributed by atoms with E-state index in [1.165, 1.54) is 0 Å². The van der Waals surface area contributed by atoms with Crippen LogP contribution in [-0.2, 0) is 4.74 Å². The Morgan fingerprint density at radius 2 is 1.71 bits per heavy atom. The maximum atomic E-state index is 9.68. The van der Waals surface area contributed by atoms with Crippen molar-refractivity contribution in [3.05, 3.63) is 0 Å². The average molecular weight is 206 g/mol. The molecule has 84 valence electrons. The summed E-state index contributed by atoms with van der Waals surface area (Å²) in [5, 5.41) is 37.5. The molecule has 0 spiro atoms. The molecule has 1 fully saturated rings. The van der Waals surface area contributed by atoms with E-state index in [2.05, 4.69) is 0 Å². The van der Waals surface area contributed by atoms with Crippen LogP contribution in [0.25, 0.3) is 0 Å². The summed E-state index contributed by atoms with van der Waals surface area (Å²) in [6.45, 7) is 3.24. The summed E-state index contributed by atoms with van der Waals surface area (Å²) >= 11 is 0. The first-order chi connectivity index (χ1) is 6.49.